The average molecular weight is 308 g/mol. The molecule has 0 aromatic heterocycles. The second kappa shape index (κ2) is 6.91. The van der Waals surface area contributed by atoms with Crippen molar-refractivity contribution in [1.29, 1.82) is 0 Å². The first-order chi connectivity index (χ1) is 8.04. The number of ether oxygens (including phenoxy) is 1. The fourth-order valence-corrected chi connectivity index (χ4v) is 2.23. The number of benzene rings is 1. The van der Waals surface area contributed by atoms with E-state index in [1.54, 1.807) is 12.1 Å². The van der Waals surface area contributed by atoms with Gasteiger partial charge in [0.05, 0.1) is 0 Å². The highest BCUT2D eigenvalue weighted by molar-refractivity contribution is 9.10. The predicted octanol–water partition coefficient (Wildman–Crippen LogP) is 3.76. The minimum atomic E-state index is -2.45. The third kappa shape index (κ3) is 4.60. The molecule has 0 aliphatic heterocycles. The predicted molar refractivity (Wildman–Crippen MR) is 67.7 cm³/mol. The Morgan fingerprint density at radius 1 is 1.41 bits per heavy atom. The highest BCUT2D eigenvalue weighted by Gasteiger charge is 2.10. The number of hydrogen-bond donors (Lipinski definition) is 1. The molecule has 0 bridgehead atoms. The zero-order valence-electron chi connectivity index (χ0n) is 9.84. The minimum absolute atomic E-state index is 0.207. The molecule has 96 valence electrons. The van der Waals surface area contributed by atoms with Crippen molar-refractivity contribution in [2.24, 2.45) is 0 Å². The molecule has 0 aliphatic carbocycles. The smallest absolute Gasteiger partial charge is 0.272 e. The lowest BCUT2D eigenvalue weighted by Crippen LogP contribution is -2.18. The second-order valence-electron chi connectivity index (χ2n) is 3.66. The molecule has 1 aromatic carbocycles. The molecular formula is C12H16BrF2NO. The maximum atomic E-state index is 12.0. The summed E-state index contributed by atoms with van der Waals surface area (Å²) in [5.41, 5.74) is 1.08. The van der Waals surface area contributed by atoms with Gasteiger partial charge in [-0.3, -0.25) is 0 Å². The van der Waals surface area contributed by atoms with Crippen LogP contribution in [0.1, 0.15) is 25.5 Å². The van der Waals surface area contributed by atoms with Crippen molar-refractivity contribution in [3.05, 3.63) is 28.2 Å². The Balaban J connectivity index is 2.72. The van der Waals surface area contributed by atoms with Gasteiger partial charge in [-0.15, -0.1) is 0 Å². The topological polar surface area (TPSA) is 21.3 Å². The molecule has 0 aliphatic rings. The lowest BCUT2D eigenvalue weighted by molar-refractivity contribution is 0.0818. The molecule has 0 heterocycles. The van der Waals surface area contributed by atoms with Crippen LogP contribution in [0.2, 0.25) is 0 Å². The van der Waals surface area contributed by atoms with Crippen LogP contribution >= 0.6 is 15.9 Å². The van der Waals surface area contributed by atoms with Gasteiger partial charge in [0.15, 0.2) is 0 Å². The van der Waals surface area contributed by atoms with Gasteiger partial charge in [-0.05, 0) is 31.2 Å². The Morgan fingerprint density at radius 2 is 2.12 bits per heavy atom. The standard InChI is InChI=1S/C12H16BrF2NO/c1-3-16-8(2)10-5-4-9(6-11(10)13)17-7-12(14)15/h4-6,8,12,16H,3,7H2,1-2H3. The molecule has 0 saturated heterocycles. The van der Waals surface area contributed by atoms with Gasteiger partial charge < -0.3 is 10.1 Å². The molecule has 1 N–H and O–H groups in total. The normalized spacial score (nSPS) is 12.8. The molecular weight excluding hydrogens is 292 g/mol. The number of nitrogens with one attached hydrogen (secondary N) is 1. The van der Waals surface area contributed by atoms with E-state index in [2.05, 4.69) is 21.2 Å². The van der Waals surface area contributed by atoms with E-state index in [4.69, 9.17) is 4.74 Å². The van der Waals surface area contributed by atoms with Crippen LogP contribution in [0.3, 0.4) is 0 Å². The van der Waals surface area contributed by atoms with Crippen LogP contribution in [0.15, 0.2) is 22.7 Å². The lowest BCUT2D eigenvalue weighted by Gasteiger charge is -2.15. The van der Waals surface area contributed by atoms with E-state index < -0.39 is 13.0 Å². The van der Waals surface area contributed by atoms with Crippen LogP contribution in [0, 0.1) is 0 Å². The van der Waals surface area contributed by atoms with E-state index >= 15 is 0 Å². The first-order valence-corrected chi connectivity index (χ1v) is 6.27. The molecule has 0 spiro atoms. The SMILES string of the molecule is CCNC(C)c1ccc(OCC(F)F)cc1Br. The first-order valence-electron chi connectivity index (χ1n) is 5.48. The summed E-state index contributed by atoms with van der Waals surface area (Å²) in [6.45, 7) is 4.37. The zero-order valence-corrected chi connectivity index (χ0v) is 11.4. The summed E-state index contributed by atoms with van der Waals surface area (Å²) in [7, 11) is 0. The largest absolute Gasteiger partial charge is 0.488 e. The summed E-state index contributed by atoms with van der Waals surface area (Å²) >= 11 is 3.42. The minimum Gasteiger partial charge on any atom is -0.488 e. The van der Waals surface area contributed by atoms with Gasteiger partial charge in [0.1, 0.15) is 12.4 Å². The molecule has 0 radical (unpaired) electrons. The number of hydrogen-bond acceptors (Lipinski definition) is 2. The molecule has 1 unspecified atom stereocenters. The van der Waals surface area contributed by atoms with Crippen molar-refractivity contribution >= 4 is 15.9 Å². The molecule has 5 heteroatoms. The van der Waals surface area contributed by atoms with Crippen LogP contribution in [0.25, 0.3) is 0 Å². The van der Waals surface area contributed by atoms with Crippen molar-refractivity contribution in [1.82, 2.24) is 5.32 Å². The monoisotopic (exact) mass is 307 g/mol. The van der Waals surface area contributed by atoms with Crippen molar-refractivity contribution < 1.29 is 13.5 Å². The molecule has 2 nitrogen and oxygen atoms in total. The Labute approximate surface area is 108 Å². The molecule has 0 saturated carbocycles. The van der Waals surface area contributed by atoms with E-state index in [1.165, 1.54) is 0 Å². The van der Waals surface area contributed by atoms with Gasteiger partial charge in [-0.25, -0.2) is 8.78 Å². The van der Waals surface area contributed by atoms with Crippen molar-refractivity contribution in [2.45, 2.75) is 26.3 Å². The summed E-state index contributed by atoms with van der Waals surface area (Å²) < 4.78 is 29.8. The van der Waals surface area contributed by atoms with Crippen LogP contribution in [-0.4, -0.2) is 19.6 Å². The van der Waals surface area contributed by atoms with Gasteiger partial charge in [0, 0.05) is 10.5 Å². The summed E-state index contributed by atoms with van der Waals surface area (Å²) in [4.78, 5) is 0. The second-order valence-corrected chi connectivity index (χ2v) is 4.52. The fourth-order valence-electron chi connectivity index (χ4n) is 1.52. The number of alkyl halides is 2. The average Bonchev–Trinajstić information content (AvgIpc) is 2.26. The van der Waals surface area contributed by atoms with Crippen LogP contribution in [0.5, 0.6) is 5.75 Å². The van der Waals surface area contributed by atoms with Crippen LogP contribution in [0.4, 0.5) is 8.78 Å². The molecule has 0 amide bonds. The number of rotatable bonds is 6. The number of halogens is 3. The van der Waals surface area contributed by atoms with Crippen molar-refractivity contribution in [2.75, 3.05) is 13.2 Å². The molecule has 0 fully saturated rings. The molecule has 17 heavy (non-hydrogen) atoms. The van der Waals surface area contributed by atoms with E-state index in [1.807, 2.05) is 19.9 Å². The quantitative estimate of drug-likeness (QED) is 0.864. The van der Waals surface area contributed by atoms with Crippen LogP contribution < -0.4 is 10.1 Å². The van der Waals surface area contributed by atoms with E-state index in [0.717, 1.165) is 16.6 Å². The molecule has 1 atom stereocenters. The van der Waals surface area contributed by atoms with Crippen molar-refractivity contribution in [3.8, 4) is 5.75 Å². The third-order valence-corrected chi connectivity index (χ3v) is 3.01. The van der Waals surface area contributed by atoms with Crippen molar-refractivity contribution in [3.63, 3.8) is 0 Å². The molecule has 1 aromatic rings. The molecule has 1 rings (SSSR count). The maximum Gasteiger partial charge on any atom is 0.272 e. The van der Waals surface area contributed by atoms with Gasteiger partial charge in [-0.1, -0.05) is 28.9 Å². The van der Waals surface area contributed by atoms with E-state index in [-0.39, 0.29) is 6.04 Å². The summed E-state index contributed by atoms with van der Waals surface area (Å²) in [6, 6.07) is 5.50. The fraction of sp³-hybridized carbons (Fsp3) is 0.500. The van der Waals surface area contributed by atoms with Gasteiger partial charge in [-0.2, -0.15) is 0 Å². The highest BCUT2D eigenvalue weighted by atomic mass is 79.9. The Morgan fingerprint density at radius 3 is 2.65 bits per heavy atom. The summed E-state index contributed by atoms with van der Waals surface area (Å²) in [6.07, 6.45) is -2.45. The Kier molecular flexibility index (Phi) is 5.85. The van der Waals surface area contributed by atoms with Gasteiger partial charge in [0.2, 0.25) is 0 Å². The lowest BCUT2D eigenvalue weighted by atomic mass is 10.1. The van der Waals surface area contributed by atoms with Gasteiger partial charge in [0.25, 0.3) is 6.43 Å². The van der Waals surface area contributed by atoms with E-state index in [9.17, 15) is 8.78 Å². The first kappa shape index (κ1) is 14.4. The summed E-state index contributed by atoms with van der Waals surface area (Å²) in [5, 5.41) is 3.28. The Bertz CT molecular complexity index is 360. The van der Waals surface area contributed by atoms with Gasteiger partial charge >= 0.3 is 0 Å². The highest BCUT2D eigenvalue weighted by Crippen LogP contribution is 2.27. The summed E-state index contributed by atoms with van der Waals surface area (Å²) in [5.74, 6) is 0.449. The third-order valence-electron chi connectivity index (χ3n) is 2.32. The maximum absolute atomic E-state index is 12.0. The van der Waals surface area contributed by atoms with E-state index in [0.29, 0.717) is 5.75 Å². The zero-order chi connectivity index (χ0) is 12.8. The van der Waals surface area contributed by atoms with Crippen LogP contribution in [-0.2, 0) is 0 Å². The Hall–Kier alpha value is -0.680.